The van der Waals surface area contributed by atoms with E-state index in [0.29, 0.717) is 10.6 Å². The summed E-state index contributed by atoms with van der Waals surface area (Å²) in [6.07, 6.45) is 0.949. The molecule has 124 valence electrons. The summed E-state index contributed by atoms with van der Waals surface area (Å²) in [5, 5.41) is 12.0. The lowest BCUT2D eigenvalue weighted by Gasteiger charge is -2.20. The molecule has 23 heavy (non-hydrogen) atoms. The SMILES string of the molecule is CCOC(=O)C[C@H]1C[C@@H](C=O)[C@H](c2ccccc2Cl)[C@H]1[N+](=O)[O-]. The van der Waals surface area contributed by atoms with Crippen LogP contribution in [-0.2, 0) is 14.3 Å². The first-order valence-electron chi connectivity index (χ1n) is 7.48. The Morgan fingerprint density at radius 3 is 2.74 bits per heavy atom. The van der Waals surface area contributed by atoms with Gasteiger partial charge >= 0.3 is 5.97 Å². The Kier molecular flexibility index (Phi) is 5.71. The number of carbonyl (C=O) groups excluding carboxylic acids is 2. The highest BCUT2D eigenvalue weighted by atomic mass is 35.5. The van der Waals surface area contributed by atoms with E-state index < -0.39 is 34.7 Å². The van der Waals surface area contributed by atoms with Crippen molar-refractivity contribution in [1.82, 2.24) is 0 Å². The quantitative estimate of drug-likeness (QED) is 0.344. The van der Waals surface area contributed by atoms with Crippen LogP contribution in [0.1, 0.15) is 31.2 Å². The van der Waals surface area contributed by atoms with Crippen LogP contribution in [0.4, 0.5) is 0 Å². The van der Waals surface area contributed by atoms with E-state index in [2.05, 4.69) is 0 Å². The number of ether oxygens (including phenoxy) is 1. The van der Waals surface area contributed by atoms with E-state index in [1.807, 2.05) is 0 Å². The van der Waals surface area contributed by atoms with Crippen LogP contribution in [0, 0.1) is 22.0 Å². The van der Waals surface area contributed by atoms with Crippen LogP contribution in [0.2, 0.25) is 5.02 Å². The van der Waals surface area contributed by atoms with Gasteiger partial charge in [-0.2, -0.15) is 0 Å². The molecular formula is C16H18ClNO5. The Labute approximate surface area is 138 Å². The van der Waals surface area contributed by atoms with Crippen LogP contribution >= 0.6 is 11.6 Å². The minimum absolute atomic E-state index is 0.0647. The lowest BCUT2D eigenvalue weighted by molar-refractivity contribution is -0.532. The van der Waals surface area contributed by atoms with Gasteiger partial charge in [-0.25, -0.2) is 0 Å². The van der Waals surface area contributed by atoms with Crippen LogP contribution in [0.15, 0.2) is 24.3 Å². The average Bonchev–Trinajstić information content (AvgIpc) is 2.86. The zero-order valence-electron chi connectivity index (χ0n) is 12.7. The molecule has 2 rings (SSSR count). The largest absolute Gasteiger partial charge is 0.466 e. The van der Waals surface area contributed by atoms with Gasteiger partial charge in [0, 0.05) is 21.8 Å². The molecule has 1 aromatic rings. The summed E-state index contributed by atoms with van der Waals surface area (Å²) in [4.78, 5) is 34.4. The molecule has 0 spiro atoms. The van der Waals surface area contributed by atoms with Crippen molar-refractivity contribution < 1.29 is 19.2 Å². The number of nitrogens with zero attached hydrogens (tertiary/aromatic N) is 1. The third-order valence-electron chi connectivity index (χ3n) is 4.30. The fourth-order valence-corrected chi connectivity index (χ4v) is 3.69. The lowest BCUT2D eigenvalue weighted by Crippen LogP contribution is -2.32. The second-order valence-corrected chi connectivity index (χ2v) is 6.04. The molecule has 1 aliphatic carbocycles. The van der Waals surface area contributed by atoms with Crippen LogP contribution in [0.3, 0.4) is 0 Å². The highest BCUT2D eigenvalue weighted by Gasteiger charge is 2.52. The third-order valence-corrected chi connectivity index (χ3v) is 4.65. The van der Waals surface area contributed by atoms with Gasteiger partial charge in [0.05, 0.1) is 18.9 Å². The number of aldehydes is 1. The second-order valence-electron chi connectivity index (χ2n) is 5.63. The van der Waals surface area contributed by atoms with Gasteiger partial charge < -0.3 is 9.53 Å². The van der Waals surface area contributed by atoms with Crippen LogP contribution in [-0.4, -0.2) is 29.8 Å². The molecule has 0 amide bonds. The van der Waals surface area contributed by atoms with E-state index in [0.717, 1.165) is 6.29 Å². The molecule has 4 atom stereocenters. The molecule has 0 heterocycles. The topological polar surface area (TPSA) is 86.5 Å². The summed E-state index contributed by atoms with van der Waals surface area (Å²) in [6.45, 7) is 1.90. The molecule has 0 saturated heterocycles. The van der Waals surface area contributed by atoms with Crippen molar-refractivity contribution in [2.45, 2.75) is 31.7 Å². The maximum Gasteiger partial charge on any atom is 0.306 e. The molecule has 1 aromatic carbocycles. The summed E-state index contributed by atoms with van der Waals surface area (Å²) >= 11 is 6.17. The number of carbonyl (C=O) groups is 2. The van der Waals surface area contributed by atoms with E-state index in [1.165, 1.54) is 0 Å². The Balaban J connectivity index is 2.35. The number of hydrogen-bond acceptors (Lipinski definition) is 5. The van der Waals surface area contributed by atoms with E-state index in [4.69, 9.17) is 16.3 Å². The van der Waals surface area contributed by atoms with Crippen molar-refractivity contribution in [3.8, 4) is 0 Å². The van der Waals surface area contributed by atoms with Gasteiger partial charge in [-0.05, 0) is 25.0 Å². The monoisotopic (exact) mass is 339 g/mol. The molecule has 7 heteroatoms. The first-order valence-corrected chi connectivity index (χ1v) is 7.86. The number of hydrogen-bond donors (Lipinski definition) is 0. The average molecular weight is 340 g/mol. The summed E-state index contributed by atoms with van der Waals surface area (Å²) in [6, 6.07) is 5.78. The molecule has 1 saturated carbocycles. The van der Waals surface area contributed by atoms with Gasteiger partial charge in [0.2, 0.25) is 6.04 Å². The number of rotatable bonds is 6. The van der Waals surface area contributed by atoms with Crippen LogP contribution in [0.25, 0.3) is 0 Å². The molecule has 0 aromatic heterocycles. The van der Waals surface area contributed by atoms with Gasteiger partial charge in [-0.15, -0.1) is 0 Å². The van der Waals surface area contributed by atoms with Crippen molar-refractivity contribution in [3.05, 3.63) is 45.0 Å². The molecule has 0 aliphatic heterocycles. The Morgan fingerprint density at radius 1 is 1.48 bits per heavy atom. The number of esters is 1. The number of halogens is 1. The van der Waals surface area contributed by atoms with Gasteiger partial charge in [0.25, 0.3) is 0 Å². The minimum atomic E-state index is -1.03. The predicted octanol–water partition coefficient (Wildman–Crippen LogP) is 2.86. The zero-order chi connectivity index (χ0) is 17.0. The Bertz CT molecular complexity index is 606. The maximum atomic E-state index is 11.7. The van der Waals surface area contributed by atoms with E-state index in [1.54, 1.807) is 31.2 Å². The minimum Gasteiger partial charge on any atom is -0.466 e. The first kappa shape index (κ1) is 17.4. The van der Waals surface area contributed by atoms with Crippen LogP contribution in [0.5, 0.6) is 0 Å². The number of nitro groups is 1. The standard InChI is InChI=1S/C16H18ClNO5/c1-2-23-14(20)8-10-7-11(9-19)15(16(10)18(21)22)12-5-3-4-6-13(12)17/h3-6,9-11,15-16H,2,7-8H2,1H3/t10-,11+,15-,16+/m1/s1. The summed E-state index contributed by atoms with van der Waals surface area (Å²) in [5.74, 6) is -2.19. The smallest absolute Gasteiger partial charge is 0.306 e. The predicted molar refractivity (Wildman–Crippen MR) is 83.9 cm³/mol. The second kappa shape index (κ2) is 7.55. The van der Waals surface area contributed by atoms with E-state index in [-0.39, 0.29) is 19.4 Å². The van der Waals surface area contributed by atoms with Crippen molar-refractivity contribution in [3.63, 3.8) is 0 Å². The maximum absolute atomic E-state index is 11.7. The third kappa shape index (κ3) is 3.69. The van der Waals surface area contributed by atoms with Crippen LogP contribution < -0.4 is 0 Å². The number of benzene rings is 1. The fourth-order valence-electron chi connectivity index (χ4n) is 3.42. The molecular weight excluding hydrogens is 322 g/mol. The lowest BCUT2D eigenvalue weighted by atomic mass is 9.86. The van der Waals surface area contributed by atoms with E-state index >= 15 is 0 Å². The highest BCUT2D eigenvalue weighted by molar-refractivity contribution is 6.31. The van der Waals surface area contributed by atoms with Gasteiger partial charge in [-0.3, -0.25) is 14.9 Å². The Hall–Kier alpha value is -1.95. The molecule has 0 N–H and O–H groups in total. The van der Waals surface area contributed by atoms with Crippen molar-refractivity contribution in [1.29, 1.82) is 0 Å². The summed E-state index contributed by atoms with van der Waals surface area (Å²) in [7, 11) is 0. The molecule has 0 unspecified atom stereocenters. The van der Waals surface area contributed by atoms with Crippen molar-refractivity contribution in [2.24, 2.45) is 11.8 Å². The van der Waals surface area contributed by atoms with Crippen molar-refractivity contribution >= 4 is 23.9 Å². The summed E-state index contributed by atoms with van der Waals surface area (Å²) in [5.41, 5.74) is 0.583. The zero-order valence-corrected chi connectivity index (χ0v) is 13.4. The molecule has 6 nitrogen and oxygen atoms in total. The Morgan fingerprint density at radius 2 is 2.17 bits per heavy atom. The van der Waals surface area contributed by atoms with Gasteiger partial charge in [0.15, 0.2) is 0 Å². The highest BCUT2D eigenvalue weighted by Crippen LogP contribution is 2.47. The molecule has 0 bridgehead atoms. The first-order chi connectivity index (χ1) is 11.0. The van der Waals surface area contributed by atoms with Gasteiger partial charge in [-0.1, -0.05) is 29.8 Å². The van der Waals surface area contributed by atoms with Gasteiger partial charge in [0.1, 0.15) is 6.29 Å². The van der Waals surface area contributed by atoms with Crippen molar-refractivity contribution in [2.75, 3.05) is 6.61 Å². The van der Waals surface area contributed by atoms with E-state index in [9.17, 15) is 19.7 Å². The fraction of sp³-hybridized carbons (Fsp3) is 0.500. The molecule has 1 fully saturated rings. The molecule has 0 radical (unpaired) electrons. The normalized spacial score (nSPS) is 26.7. The summed E-state index contributed by atoms with van der Waals surface area (Å²) < 4.78 is 4.89. The molecule has 1 aliphatic rings.